The van der Waals surface area contributed by atoms with Gasteiger partial charge >= 0.3 is 21.7 Å². The standard InChI is InChI=1S/C17H23Si.3ClH.Ti/c1-5-18(4,15-10-7-6-8-11-15)17-13-9-12-16(17)14(2)3;;;;/h6-8,10-12,14H,5,9H2,1-4H3;3*1H;/q-1;;;;+4/p-3. The van der Waals surface area contributed by atoms with Crippen LogP contribution in [0.1, 0.15) is 27.2 Å². The Morgan fingerprint density at radius 1 is 1.09 bits per heavy atom. The molecule has 0 fully saturated rings. The van der Waals surface area contributed by atoms with E-state index in [-0.39, 0.29) is 58.9 Å². The van der Waals surface area contributed by atoms with Gasteiger partial charge in [-0.1, -0.05) is 74.8 Å². The van der Waals surface area contributed by atoms with E-state index in [0.29, 0.717) is 5.92 Å². The van der Waals surface area contributed by atoms with Crippen molar-refractivity contribution in [2.45, 2.75) is 39.8 Å². The summed E-state index contributed by atoms with van der Waals surface area (Å²) in [6.45, 7) is 9.43. The molecule has 1 aromatic carbocycles. The maximum Gasteiger partial charge on any atom is 4.00 e. The SMILES string of the molecule is CC[Si](C)(C1=[C-]CC=C1C(C)C)c1ccccc1.[Cl-].[Cl-].[Cl-].[Ti+4]. The van der Waals surface area contributed by atoms with Crippen LogP contribution in [0.2, 0.25) is 12.6 Å². The molecule has 0 N–H and O–H groups in total. The van der Waals surface area contributed by atoms with Crippen LogP contribution in [0.4, 0.5) is 0 Å². The second kappa shape index (κ2) is 11.9. The molecule has 0 amide bonds. The molecule has 22 heavy (non-hydrogen) atoms. The summed E-state index contributed by atoms with van der Waals surface area (Å²) in [7, 11) is -1.56. The van der Waals surface area contributed by atoms with E-state index in [1.807, 2.05) is 0 Å². The molecule has 120 valence electrons. The summed E-state index contributed by atoms with van der Waals surface area (Å²) >= 11 is 0. The van der Waals surface area contributed by atoms with E-state index in [4.69, 9.17) is 0 Å². The quantitative estimate of drug-likeness (QED) is 0.346. The van der Waals surface area contributed by atoms with Gasteiger partial charge in [-0.2, -0.15) is 11.6 Å². The van der Waals surface area contributed by atoms with Gasteiger partial charge in [0.25, 0.3) is 0 Å². The van der Waals surface area contributed by atoms with Crippen LogP contribution in [0.25, 0.3) is 0 Å². The summed E-state index contributed by atoms with van der Waals surface area (Å²) in [5.41, 5.74) is 1.55. The third-order valence-corrected chi connectivity index (χ3v) is 8.77. The van der Waals surface area contributed by atoms with Crippen LogP contribution < -0.4 is 42.4 Å². The molecule has 2 rings (SSSR count). The molecule has 5 heteroatoms. The van der Waals surface area contributed by atoms with Crippen LogP contribution in [0.3, 0.4) is 0 Å². The predicted molar refractivity (Wildman–Crippen MR) is 82.5 cm³/mol. The van der Waals surface area contributed by atoms with E-state index in [2.05, 4.69) is 69.8 Å². The first kappa shape index (κ1) is 27.4. The molecule has 0 spiro atoms. The first-order valence-corrected chi connectivity index (χ1v) is 9.67. The van der Waals surface area contributed by atoms with Crippen molar-refractivity contribution in [1.29, 1.82) is 0 Å². The molecule has 0 radical (unpaired) electrons. The maximum atomic E-state index is 3.66. The van der Waals surface area contributed by atoms with Crippen molar-refractivity contribution >= 4 is 13.3 Å². The van der Waals surface area contributed by atoms with Crippen molar-refractivity contribution in [3.05, 3.63) is 53.3 Å². The van der Waals surface area contributed by atoms with Gasteiger partial charge in [0.05, 0.1) is 8.07 Å². The fraction of sp³-hybridized carbons (Fsp3) is 0.412. The fourth-order valence-corrected chi connectivity index (χ4v) is 6.34. The monoisotopic (exact) mass is 408 g/mol. The van der Waals surface area contributed by atoms with Gasteiger partial charge in [0.2, 0.25) is 0 Å². The Hall–Kier alpha value is 0.501. The minimum Gasteiger partial charge on any atom is -1.00 e. The van der Waals surface area contributed by atoms with Crippen LogP contribution in [-0.4, -0.2) is 8.07 Å². The maximum absolute atomic E-state index is 3.66. The molecule has 1 atom stereocenters. The second-order valence-electron chi connectivity index (χ2n) is 5.62. The molecule has 0 aliphatic heterocycles. The van der Waals surface area contributed by atoms with E-state index in [0.717, 1.165) is 6.42 Å². The summed E-state index contributed by atoms with van der Waals surface area (Å²) in [5.74, 6) is 0.622. The van der Waals surface area contributed by atoms with Crippen LogP contribution >= 0.6 is 0 Å². The molecule has 1 aliphatic carbocycles. The topological polar surface area (TPSA) is 0 Å². The molecule has 0 bridgehead atoms. The molecule has 0 aromatic heterocycles. The zero-order valence-electron chi connectivity index (χ0n) is 13.6. The molecular formula is C17H23Cl3SiTi. The molecule has 0 nitrogen and oxygen atoms in total. The number of allylic oxidation sites excluding steroid dienone is 4. The molecular weight excluding hydrogens is 386 g/mol. The van der Waals surface area contributed by atoms with Crippen molar-refractivity contribution in [1.82, 2.24) is 0 Å². The normalized spacial score (nSPS) is 15.1. The Morgan fingerprint density at radius 3 is 2.09 bits per heavy atom. The average molecular weight is 410 g/mol. The molecule has 1 aliphatic rings. The molecule has 1 unspecified atom stereocenters. The summed E-state index contributed by atoms with van der Waals surface area (Å²) in [5, 5.41) is 3.11. The Balaban J connectivity index is -0.000000902. The molecule has 0 heterocycles. The number of hydrogen-bond donors (Lipinski definition) is 0. The van der Waals surface area contributed by atoms with E-state index in [1.165, 1.54) is 6.04 Å². The van der Waals surface area contributed by atoms with E-state index in [9.17, 15) is 0 Å². The fourth-order valence-electron chi connectivity index (χ4n) is 2.84. The Kier molecular flexibility index (Phi) is 14.9. The van der Waals surface area contributed by atoms with Crippen molar-refractivity contribution in [2.24, 2.45) is 5.92 Å². The zero-order valence-corrected chi connectivity index (χ0v) is 18.4. The van der Waals surface area contributed by atoms with Crippen molar-refractivity contribution in [2.75, 3.05) is 0 Å². The summed E-state index contributed by atoms with van der Waals surface area (Å²) in [4.78, 5) is 0. The predicted octanol–water partition coefficient (Wildman–Crippen LogP) is -4.74. The summed E-state index contributed by atoms with van der Waals surface area (Å²) in [6.07, 6.45) is 7.05. The van der Waals surface area contributed by atoms with E-state index >= 15 is 0 Å². The number of benzene rings is 1. The molecule has 0 saturated heterocycles. The summed E-state index contributed by atoms with van der Waals surface area (Å²) in [6, 6.07) is 12.3. The summed E-state index contributed by atoms with van der Waals surface area (Å²) < 4.78 is 0. The van der Waals surface area contributed by atoms with Crippen molar-refractivity contribution in [3.63, 3.8) is 0 Å². The third-order valence-electron chi connectivity index (χ3n) is 4.18. The third kappa shape index (κ3) is 5.54. The van der Waals surface area contributed by atoms with Gasteiger partial charge in [-0.25, -0.2) is 5.20 Å². The Bertz CT molecular complexity index is 486. The minimum absolute atomic E-state index is 0. The van der Waals surface area contributed by atoms with E-state index < -0.39 is 8.07 Å². The van der Waals surface area contributed by atoms with Gasteiger partial charge in [-0.15, -0.1) is 6.42 Å². The van der Waals surface area contributed by atoms with Gasteiger partial charge in [0, 0.05) is 0 Å². The first-order valence-electron chi connectivity index (χ1n) is 6.97. The smallest absolute Gasteiger partial charge is 1.00 e. The molecule has 0 saturated carbocycles. The van der Waals surface area contributed by atoms with Crippen LogP contribution in [0.5, 0.6) is 0 Å². The minimum atomic E-state index is -1.56. The largest absolute Gasteiger partial charge is 4.00 e. The van der Waals surface area contributed by atoms with Gasteiger partial charge in [-0.05, 0) is 0 Å². The van der Waals surface area contributed by atoms with Crippen molar-refractivity contribution in [3.8, 4) is 0 Å². The number of halogens is 3. The van der Waals surface area contributed by atoms with E-state index in [1.54, 1.807) is 16.0 Å². The Labute approximate surface area is 170 Å². The van der Waals surface area contributed by atoms with Gasteiger partial charge in [-0.3, -0.25) is 6.08 Å². The van der Waals surface area contributed by atoms with Crippen LogP contribution in [0, 0.1) is 12.0 Å². The Morgan fingerprint density at radius 2 is 1.64 bits per heavy atom. The first-order chi connectivity index (χ1) is 8.59. The van der Waals surface area contributed by atoms with Crippen LogP contribution in [0.15, 0.2) is 47.2 Å². The van der Waals surface area contributed by atoms with Gasteiger partial charge < -0.3 is 37.2 Å². The van der Waals surface area contributed by atoms with Crippen LogP contribution in [-0.2, 0) is 21.7 Å². The average Bonchev–Trinajstić information content (AvgIpc) is 2.89. The van der Waals surface area contributed by atoms with Gasteiger partial charge in [0.1, 0.15) is 0 Å². The number of hydrogen-bond acceptors (Lipinski definition) is 0. The number of rotatable bonds is 4. The second-order valence-corrected chi connectivity index (χ2v) is 10.1. The van der Waals surface area contributed by atoms with Gasteiger partial charge in [0.15, 0.2) is 0 Å². The molecule has 1 aromatic rings. The van der Waals surface area contributed by atoms with Crippen molar-refractivity contribution < 1.29 is 58.9 Å². The zero-order chi connectivity index (χ0) is 13.2.